The molecule has 2 N–H and O–H groups in total. The summed E-state index contributed by atoms with van der Waals surface area (Å²) in [5.41, 5.74) is 2.95. The number of hydrogen-bond acceptors (Lipinski definition) is 4. The SMILES string of the molecule is COC(=O)[C@@H](Cc1c[nH]c2ccccc12)NC(=O)COc1cccc(C)c1. The molecular formula is C21H22N2O4. The number of ether oxygens (including phenoxy) is 2. The quantitative estimate of drug-likeness (QED) is 0.630. The molecule has 140 valence electrons. The molecule has 1 heterocycles. The Morgan fingerprint density at radius 3 is 2.74 bits per heavy atom. The van der Waals surface area contributed by atoms with Crippen LogP contribution in [0.25, 0.3) is 10.9 Å². The van der Waals surface area contributed by atoms with Crippen molar-refractivity contribution < 1.29 is 19.1 Å². The summed E-state index contributed by atoms with van der Waals surface area (Å²) in [5, 5.41) is 3.71. The molecule has 0 aliphatic heterocycles. The minimum absolute atomic E-state index is 0.176. The molecule has 3 aromatic rings. The number of amides is 1. The van der Waals surface area contributed by atoms with Gasteiger partial charge in [-0.25, -0.2) is 4.79 Å². The number of esters is 1. The predicted molar refractivity (Wildman–Crippen MR) is 103 cm³/mol. The average Bonchev–Trinajstić information content (AvgIpc) is 3.08. The summed E-state index contributed by atoms with van der Waals surface area (Å²) in [4.78, 5) is 27.6. The maximum Gasteiger partial charge on any atom is 0.328 e. The van der Waals surface area contributed by atoms with E-state index >= 15 is 0 Å². The molecule has 0 aliphatic rings. The van der Waals surface area contributed by atoms with E-state index in [1.165, 1.54) is 7.11 Å². The van der Waals surface area contributed by atoms with Gasteiger partial charge in [-0.2, -0.15) is 0 Å². The van der Waals surface area contributed by atoms with Gasteiger partial charge in [-0.1, -0.05) is 30.3 Å². The third-order valence-electron chi connectivity index (χ3n) is 4.28. The Labute approximate surface area is 157 Å². The van der Waals surface area contributed by atoms with Gasteiger partial charge in [0.2, 0.25) is 0 Å². The minimum Gasteiger partial charge on any atom is -0.484 e. The number of benzene rings is 2. The van der Waals surface area contributed by atoms with Crippen molar-refractivity contribution in [2.75, 3.05) is 13.7 Å². The molecule has 27 heavy (non-hydrogen) atoms. The maximum atomic E-state index is 12.3. The van der Waals surface area contributed by atoms with E-state index in [0.29, 0.717) is 12.2 Å². The maximum absolute atomic E-state index is 12.3. The van der Waals surface area contributed by atoms with Crippen LogP contribution in [0.1, 0.15) is 11.1 Å². The van der Waals surface area contributed by atoms with E-state index in [-0.39, 0.29) is 12.5 Å². The number of aromatic nitrogens is 1. The van der Waals surface area contributed by atoms with Crippen LogP contribution in [-0.4, -0.2) is 36.6 Å². The molecule has 1 atom stereocenters. The molecule has 3 rings (SSSR count). The number of carbonyl (C=O) groups excluding carboxylic acids is 2. The van der Waals surface area contributed by atoms with Crippen molar-refractivity contribution in [2.45, 2.75) is 19.4 Å². The Balaban J connectivity index is 1.66. The zero-order valence-electron chi connectivity index (χ0n) is 15.3. The van der Waals surface area contributed by atoms with E-state index in [1.54, 1.807) is 6.07 Å². The second-order valence-corrected chi connectivity index (χ2v) is 6.31. The van der Waals surface area contributed by atoms with E-state index in [4.69, 9.17) is 9.47 Å². The number of carbonyl (C=O) groups is 2. The van der Waals surface area contributed by atoms with Crippen LogP contribution in [0.3, 0.4) is 0 Å². The van der Waals surface area contributed by atoms with Gasteiger partial charge < -0.3 is 19.8 Å². The first kappa shape index (κ1) is 18.5. The predicted octanol–water partition coefficient (Wildman–Crippen LogP) is 2.76. The summed E-state index contributed by atoms with van der Waals surface area (Å²) in [6.07, 6.45) is 2.17. The number of aryl methyl sites for hydroxylation is 1. The van der Waals surface area contributed by atoms with Crippen molar-refractivity contribution in [1.29, 1.82) is 0 Å². The molecule has 0 bridgehead atoms. The van der Waals surface area contributed by atoms with Crippen LogP contribution in [-0.2, 0) is 20.7 Å². The lowest BCUT2D eigenvalue weighted by Crippen LogP contribution is -2.44. The summed E-state index contributed by atoms with van der Waals surface area (Å²) >= 11 is 0. The normalized spacial score (nSPS) is 11.8. The number of fused-ring (bicyclic) bond motifs is 1. The molecule has 0 fully saturated rings. The highest BCUT2D eigenvalue weighted by Gasteiger charge is 2.23. The third-order valence-corrected chi connectivity index (χ3v) is 4.28. The lowest BCUT2D eigenvalue weighted by atomic mass is 10.0. The Kier molecular flexibility index (Phi) is 5.76. The number of methoxy groups -OCH3 is 1. The highest BCUT2D eigenvalue weighted by molar-refractivity contribution is 5.87. The van der Waals surface area contributed by atoms with Crippen LogP contribution in [0.15, 0.2) is 54.7 Å². The molecule has 0 radical (unpaired) electrons. The van der Waals surface area contributed by atoms with Crippen LogP contribution in [0, 0.1) is 6.92 Å². The zero-order valence-corrected chi connectivity index (χ0v) is 15.3. The fourth-order valence-corrected chi connectivity index (χ4v) is 2.95. The van der Waals surface area contributed by atoms with Gasteiger partial charge in [0.05, 0.1) is 7.11 Å². The molecule has 0 unspecified atom stereocenters. The van der Waals surface area contributed by atoms with Crippen LogP contribution in [0.4, 0.5) is 0 Å². The average molecular weight is 366 g/mol. The van der Waals surface area contributed by atoms with Gasteiger partial charge in [0.15, 0.2) is 6.61 Å². The molecule has 0 saturated carbocycles. The molecule has 6 nitrogen and oxygen atoms in total. The number of H-pyrrole nitrogens is 1. The van der Waals surface area contributed by atoms with Crippen LogP contribution in [0.5, 0.6) is 5.75 Å². The van der Waals surface area contributed by atoms with Crippen molar-refractivity contribution >= 4 is 22.8 Å². The first-order valence-corrected chi connectivity index (χ1v) is 8.68. The number of aromatic amines is 1. The molecule has 1 aromatic heterocycles. The van der Waals surface area contributed by atoms with Crippen molar-refractivity contribution in [2.24, 2.45) is 0 Å². The third kappa shape index (κ3) is 4.67. The monoisotopic (exact) mass is 366 g/mol. The van der Waals surface area contributed by atoms with Crippen LogP contribution in [0.2, 0.25) is 0 Å². The molecule has 1 amide bonds. The summed E-state index contributed by atoms with van der Waals surface area (Å²) in [5.74, 6) is -0.271. The topological polar surface area (TPSA) is 80.4 Å². The summed E-state index contributed by atoms with van der Waals surface area (Å²) in [7, 11) is 1.31. The van der Waals surface area contributed by atoms with Gasteiger partial charge in [-0.3, -0.25) is 4.79 Å². The molecule has 2 aromatic carbocycles. The highest BCUT2D eigenvalue weighted by atomic mass is 16.5. The summed E-state index contributed by atoms with van der Waals surface area (Å²) < 4.78 is 10.3. The molecule has 6 heteroatoms. The highest BCUT2D eigenvalue weighted by Crippen LogP contribution is 2.19. The first-order valence-electron chi connectivity index (χ1n) is 8.68. The molecule has 0 aliphatic carbocycles. The number of rotatable bonds is 7. The Hall–Kier alpha value is -3.28. The van der Waals surface area contributed by atoms with Crippen molar-refractivity contribution in [3.63, 3.8) is 0 Å². The lowest BCUT2D eigenvalue weighted by molar-refractivity contribution is -0.145. The van der Waals surface area contributed by atoms with E-state index in [9.17, 15) is 9.59 Å². The van der Waals surface area contributed by atoms with Gasteiger partial charge in [0.1, 0.15) is 11.8 Å². The molecular weight excluding hydrogens is 344 g/mol. The lowest BCUT2D eigenvalue weighted by Gasteiger charge is -2.16. The first-order chi connectivity index (χ1) is 13.1. The largest absolute Gasteiger partial charge is 0.484 e. The smallest absolute Gasteiger partial charge is 0.328 e. The molecule has 0 saturated heterocycles. The number of nitrogens with one attached hydrogen (secondary N) is 2. The van der Waals surface area contributed by atoms with Gasteiger partial charge in [0.25, 0.3) is 5.91 Å². The van der Waals surface area contributed by atoms with Gasteiger partial charge >= 0.3 is 5.97 Å². The zero-order chi connectivity index (χ0) is 19.2. The minimum atomic E-state index is -0.789. The van der Waals surface area contributed by atoms with Crippen molar-refractivity contribution in [3.05, 3.63) is 65.9 Å². The Morgan fingerprint density at radius 1 is 1.15 bits per heavy atom. The van der Waals surface area contributed by atoms with E-state index in [1.807, 2.05) is 55.6 Å². The Morgan fingerprint density at radius 2 is 1.96 bits per heavy atom. The van der Waals surface area contributed by atoms with E-state index in [2.05, 4.69) is 10.3 Å². The van der Waals surface area contributed by atoms with Gasteiger partial charge in [-0.05, 0) is 36.2 Å². The Bertz CT molecular complexity index is 948. The second-order valence-electron chi connectivity index (χ2n) is 6.31. The van der Waals surface area contributed by atoms with E-state index in [0.717, 1.165) is 22.0 Å². The van der Waals surface area contributed by atoms with Crippen LogP contribution < -0.4 is 10.1 Å². The van der Waals surface area contributed by atoms with Crippen molar-refractivity contribution in [3.8, 4) is 5.75 Å². The van der Waals surface area contributed by atoms with E-state index < -0.39 is 12.0 Å². The van der Waals surface area contributed by atoms with Gasteiger partial charge in [-0.15, -0.1) is 0 Å². The van der Waals surface area contributed by atoms with Crippen molar-refractivity contribution in [1.82, 2.24) is 10.3 Å². The summed E-state index contributed by atoms with van der Waals surface area (Å²) in [6.45, 7) is 1.77. The standard InChI is InChI=1S/C21H22N2O4/c1-14-6-5-7-16(10-14)27-13-20(24)23-19(21(25)26-2)11-15-12-22-18-9-4-3-8-17(15)18/h3-10,12,19,22H,11,13H2,1-2H3,(H,23,24)/t19-/m1/s1. The molecule has 0 spiro atoms. The fraction of sp³-hybridized carbons (Fsp3) is 0.238. The van der Waals surface area contributed by atoms with Gasteiger partial charge in [0, 0.05) is 23.5 Å². The number of hydrogen-bond donors (Lipinski definition) is 2. The van der Waals surface area contributed by atoms with Crippen LogP contribution >= 0.6 is 0 Å². The second kappa shape index (κ2) is 8.40. The fourth-order valence-electron chi connectivity index (χ4n) is 2.95. The number of para-hydroxylation sites is 1. The summed E-state index contributed by atoms with van der Waals surface area (Å²) in [6, 6.07) is 14.4.